The van der Waals surface area contributed by atoms with E-state index in [1.807, 2.05) is 0 Å². The molecule has 0 saturated carbocycles. The Morgan fingerprint density at radius 2 is 1.87 bits per heavy atom. The number of rotatable bonds is 4. The normalized spacial score (nSPS) is 13.1. The summed E-state index contributed by atoms with van der Waals surface area (Å²) in [6.07, 6.45) is 0. The molecule has 0 saturated heterocycles. The van der Waals surface area contributed by atoms with Crippen LogP contribution >= 0.6 is 0 Å². The first-order chi connectivity index (χ1) is 6.76. The van der Waals surface area contributed by atoms with Gasteiger partial charge in [-0.3, -0.25) is 14.9 Å². The SMILES string of the molecule is CNC(=O)CNC(C)C(=O)OC(C)(C)C. The highest BCUT2D eigenvalue weighted by Crippen LogP contribution is 2.07. The molecule has 1 amide bonds. The van der Waals surface area contributed by atoms with Crippen LogP contribution in [0.2, 0.25) is 0 Å². The lowest BCUT2D eigenvalue weighted by Gasteiger charge is -2.22. The molecule has 0 fully saturated rings. The van der Waals surface area contributed by atoms with Crippen molar-refractivity contribution in [2.45, 2.75) is 39.3 Å². The van der Waals surface area contributed by atoms with Gasteiger partial charge in [0.15, 0.2) is 0 Å². The minimum atomic E-state index is -0.500. The lowest BCUT2D eigenvalue weighted by Crippen LogP contribution is -2.43. The Morgan fingerprint density at radius 3 is 2.27 bits per heavy atom. The van der Waals surface area contributed by atoms with E-state index in [4.69, 9.17) is 4.74 Å². The number of amides is 1. The maximum atomic E-state index is 11.4. The van der Waals surface area contributed by atoms with Gasteiger partial charge in [-0.05, 0) is 27.7 Å². The first-order valence-corrected chi connectivity index (χ1v) is 4.93. The molecule has 15 heavy (non-hydrogen) atoms. The summed E-state index contributed by atoms with van der Waals surface area (Å²) in [5, 5.41) is 5.22. The van der Waals surface area contributed by atoms with Gasteiger partial charge in [0.05, 0.1) is 6.54 Å². The molecule has 0 aliphatic heterocycles. The molecular weight excluding hydrogens is 196 g/mol. The van der Waals surface area contributed by atoms with Crippen LogP contribution in [0.5, 0.6) is 0 Å². The second-order valence-corrected chi connectivity index (χ2v) is 4.31. The minimum Gasteiger partial charge on any atom is -0.459 e. The second kappa shape index (κ2) is 5.70. The van der Waals surface area contributed by atoms with Crippen molar-refractivity contribution in [1.29, 1.82) is 0 Å². The maximum Gasteiger partial charge on any atom is 0.323 e. The number of hydrogen-bond donors (Lipinski definition) is 2. The number of likely N-dealkylation sites (N-methyl/N-ethyl adjacent to an activating group) is 1. The molecule has 0 rings (SSSR count). The van der Waals surface area contributed by atoms with Gasteiger partial charge < -0.3 is 10.1 Å². The molecule has 0 aromatic heterocycles. The van der Waals surface area contributed by atoms with Crippen LogP contribution in [0.25, 0.3) is 0 Å². The molecule has 88 valence electrons. The highest BCUT2D eigenvalue weighted by molar-refractivity contribution is 5.80. The predicted octanol–water partition coefficient (Wildman–Crippen LogP) is 0.0522. The van der Waals surface area contributed by atoms with E-state index in [-0.39, 0.29) is 18.4 Å². The maximum absolute atomic E-state index is 11.4. The summed E-state index contributed by atoms with van der Waals surface area (Å²) in [5.74, 6) is -0.517. The van der Waals surface area contributed by atoms with Crippen LogP contribution in [-0.4, -0.2) is 37.1 Å². The molecule has 0 aromatic carbocycles. The highest BCUT2D eigenvalue weighted by atomic mass is 16.6. The monoisotopic (exact) mass is 216 g/mol. The fourth-order valence-corrected chi connectivity index (χ4v) is 0.808. The Bertz CT molecular complexity index is 233. The molecular formula is C10H20N2O3. The summed E-state index contributed by atoms with van der Waals surface area (Å²) in [6, 6.07) is -0.485. The van der Waals surface area contributed by atoms with Crippen LogP contribution < -0.4 is 10.6 Å². The van der Waals surface area contributed by atoms with E-state index < -0.39 is 11.6 Å². The molecule has 1 atom stereocenters. The lowest BCUT2D eigenvalue weighted by atomic mass is 10.2. The molecule has 0 radical (unpaired) electrons. The summed E-state index contributed by atoms with van der Waals surface area (Å²) in [5.41, 5.74) is -0.500. The van der Waals surface area contributed by atoms with Crippen LogP contribution in [0.15, 0.2) is 0 Å². The molecule has 5 heteroatoms. The Hall–Kier alpha value is -1.10. The molecule has 0 aliphatic carbocycles. The number of esters is 1. The van der Waals surface area contributed by atoms with Gasteiger partial charge in [-0.1, -0.05) is 0 Å². The Kier molecular flexibility index (Phi) is 5.28. The van der Waals surface area contributed by atoms with Crippen molar-refractivity contribution in [3.8, 4) is 0 Å². The van der Waals surface area contributed by atoms with Gasteiger partial charge in [0.25, 0.3) is 0 Å². The highest BCUT2D eigenvalue weighted by Gasteiger charge is 2.21. The standard InChI is InChI=1S/C10H20N2O3/c1-7(12-6-8(13)11-5)9(14)15-10(2,3)4/h7,12H,6H2,1-5H3,(H,11,13). The lowest BCUT2D eigenvalue weighted by molar-refractivity contribution is -0.156. The predicted molar refractivity (Wildman–Crippen MR) is 57.4 cm³/mol. The number of ether oxygens (including phenoxy) is 1. The van der Waals surface area contributed by atoms with Gasteiger partial charge >= 0.3 is 5.97 Å². The van der Waals surface area contributed by atoms with Crippen LogP contribution in [0, 0.1) is 0 Å². The van der Waals surface area contributed by atoms with Crippen molar-refractivity contribution in [3.05, 3.63) is 0 Å². The zero-order valence-electron chi connectivity index (χ0n) is 10.0. The Labute approximate surface area is 90.6 Å². The minimum absolute atomic E-state index is 0.108. The van der Waals surface area contributed by atoms with E-state index in [0.717, 1.165) is 0 Å². The van der Waals surface area contributed by atoms with Gasteiger partial charge in [-0.15, -0.1) is 0 Å². The van der Waals surface area contributed by atoms with Gasteiger partial charge in [0, 0.05) is 7.05 Å². The summed E-state index contributed by atoms with van der Waals surface area (Å²) in [4.78, 5) is 22.3. The number of nitrogens with one attached hydrogen (secondary N) is 2. The van der Waals surface area contributed by atoms with Crippen LogP contribution in [0.4, 0.5) is 0 Å². The zero-order valence-corrected chi connectivity index (χ0v) is 10.0. The van der Waals surface area contributed by atoms with Crippen molar-refractivity contribution in [2.75, 3.05) is 13.6 Å². The quantitative estimate of drug-likeness (QED) is 0.652. The molecule has 0 aliphatic rings. The topological polar surface area (TPSA) is 67.4 Å². The van der Waals surface area contributed by atoms with Crippen molar-refractivity contribution in [1.82, 2.24) is 10.6 Å². The van der Waals surface area contributed by atoms with Crippen molar-refractivity contribution >= 4 is 11.9 Å². The van der Waals surface area contributed by atoms with Crippen molar-refractivity contribution in [2.24, 2.45) is 0 Å². The summed E-state index contributed by atoms with van der Waals surface area (Å²) in [6.45, 7) is 7.18. The van der Waals surface area contributed by atoms with Gasteiger partial charge in [-0.25, -0.2) is 0 Å². The van der Waals surface area contributed by atoms with E-state index in [9.17, 15) is 9.59 Å². The van der Waals surface area contributed by atoms with Crippen LogP contribution in [0.1, 0.15) is 27.7 Å². The molecule has 1 unspecified atom stereocenters. The van der Waals surface area contributed by atoms with Gasteiger partial charge in [-0.2, -0.15) is 0 Å². The Morgan fingerprint density at radius 1 is 1.33 bits per heavy atom. The molecule has 0 aromatic rings. The van der Waals surface area contributed by atoms with Crippen molar-refractivity contribution in [3.63, 3.8) is 0 Å². The summed E-state index contributed by atoms with van der Waals surface area (Å²) < 4.78 is 5.13. The molecule has 0 heterocycles. The van der Waals surface area contributed by atoms with Gasteiger partial charge in [0.2, 0.25) is 5.91 Å². The number of carbonyl (C=O) groups is 2. The second-order valence-electron chi connectivity index (χ2n) is 4.31. The van der Waals surface area contributed by atoms with Crippen LogP contribution in [0.3, 0.4) is 0 Å². The zero-order chi connectivity index (χ0) is 12.1. The first kappa shape index (κ1) is 13.9. The molecule has 2 N–H and O–H groups in total. The van der Waals surface area contributed by atoms with Gasteiger partial charge in [0.1, 0.15) is 11.6 Å². The third kappa shape index (κ3) is 6.90. The molecule has 5 nitrogen and oxygen atoms in total. The van der Waals surface area contributed by atoms with E-state index in [2.05, 4.69) is 10.6 Å². The van der Waals surface area contributed by atoms with Crippen molar-refractivity contribution < 1.29 is 14.3 Å². The van der Waals surface area contributed by atoms with E-state index in [1.54, 1.807) is 34.7 Å². The van der Waals surface area contributed by atoms with Crippen LogP contribution in [-0.2, 0) is 14.3 Å². The fraction of sp³-hybridized carbons (Fsp3) is 0.800. The first-order valence-electron chi connectivity index (χ1n) is 4.93. The third-order valence-corrected chi connectivity index (χ3v) is 1.61. The van der Waals surface area contributed by atoms with E-state index in [0.29, 0.717) is 0 Å². The number of hydrogen-bond acceptors (Lipinski definition) is 4. The van der Waals surface area contributed by atoms with E-state index >= 15 is 0 Å². The van der Waals surface area contributed by atoms with E-state index in [1.165, 1.54) is 0 Å². The fourth-order valence-electron chi connectivity index (χ4n) is 0.808. The number of carbonyl (C=O) groups excluding carboxylic acids is 2. The smallest absolute Gasteiger partial charge is 0.323 e. The average molecular weight is 216 g/mol. The largest absolute Gasteiger partial charge is 0.459 e. The average Bonchev–Trinajstić information content (AvgIpc) is 2.10. The summed E-state index contributed by atoms with van der Waals surface area (Å²) >= 11 is 0. The molecule has 0 spiro atoms. The summed E-state index contributed by atoms with van der Waals surface area (Å²) in [7, 11) is 1.54. The molecule has 0 bridgehead atoms. The third-order valence-electron chi connectivity index (χ3n) is 1.61. The Balaban J connectivity index is 3.95.